The number of aromatic nitrogens is 1. The van der Waals surface area contributed by atoms with Crippen molar-refractivity contribution < 1.29 is 14.1 Å². The number of fused-ring (bicyclic) bond motifs is 1. The number of carbonyl (C=O) groups excluding carboxylic acids is 1. The average molecular weight is 353 g/mol. The van der Waals surface area contributed by atoms with Crippen LogP contribution in [0.2, 0.25) is 0 Å². The van der Waals surface area contributed by atoms with Gasteiger partial charge in [-0.05, 0) is 31.0 Å². The number of amides is 1. The molecule has 0 saturated carbocycles. The molecule has 7 heteroatoms. The van der Waals surface area contributed by atoms with Crippen LogP contribution >= 0.6 is 0 Å². The summed E-state index contributed by atoms with van der Waals surface area (Å²) >= 11 is 0. The minimum absolute atomic E-state index is 0.0470. The van der Waals surface area contributed by atoms with Crippen molar-refractivity contribution in [2.75, 3.05) is 5.32 Å². The Morgan fingerprint density at radius 2 is 1.96 bits per heavy atom. The number of anilines is 1. The number of carbonyl (C=O) groups is 1. The monoisotopic (exact) mass is 353 g/mol. The molecule has 0 radical (unpaired) electrons. The summed E-state index contributed by atoms with van der Waals surface area (Å²) in [6.07, 6.45) is 1.52. The van der Waals surface area contributed by atoms with Crippen LogP contribution in [0.4, 0.5) is 11.4 Å². The van der Waals surface area contributed by atoms with Gasteiger partial charge in [0.15, 0.2) is 5.58 Å². The molecule has 1 N–H and O–H groups in total. The van der Waals surface area contributed by atoms with Gasteiger partial charge in [-0.1, -0.05) is 26.0 Å². The minimum Gasteiger partial charge on any atom is -0.436 e. The zero-order valence-corrected chi connectivity index (χ0v) is 14.6. The van der Waals surface area contributed by atoms with E-state index in [0.717, 1.165) is 12.8 Å². The first-order valence-corrected chi connectivity index (χ1v) is 8.48. The Balaban J connectivity index is 1.98. The zero-order valence-electron chi connectivity index (χ0n) is 14.6. The van der Waals surface area contributed by atoms with Gasteiger partial charge in [0, 0.05) is 12.0 Å². The van der Waals surface area contributed by atoms with E-state index in [4.69, 9.17) is 4.42 Å². The molecule has 0 bridgehead atoms. The molecule has 7 nitrogen and oxygen atoms in total. The van der Waals surface area contributed by atoms with E-state index in [9.17, 15) is 14.9 Å². The average Bonchev–Trinajstić information content (AvgIpc) is 3.06. The molecule has 0 aliphatic carbocycles. The van der Waals surface area contributed by atoms with Crippen LogP contribution in [-0.2, 0) is 4.79 Å². The second kappa shape index (κ2) is 7.35. The van der Waals surface area contributed by atoms with E-state index in [0.29, 0.717) is 28.2 Å². The quantitative estimate of drug-likeness (QED) is 0.508. The molecular weight excluding hydrogens is 334 g/mol. The van der Waals surface area contributed by atoms with Gasteiger partial charge in [-0.3, -0.25) is 14.9 Å². The van der Waals surface area contributed by atoms with Crippen molar-refractivity contribution in [3.8, 4) is 11.5 Å². The predicted octanol–water partition coefficient (Wildman–Crippen LogP) is 4.78. The van der Waals surface area contributed by atoms with Crippen molar-refractivity contribution >= 4 is 28.4 Å². The van der Waals surface area contributed by atoms with Crippen LogP contribution in [0.1, 0.15) is 26.7 Å². The molecular formula is C19H19N3O4. The first kappa shape index (κ1) is 17.6. The normalized spacial score (nSPS) is 11.0. The first-order valence-electron chi connectivity index (χ1n) is 8.48. The highest BCUT2D eigenvalue weighted by atomic mass is 16.6. The second-order valence-electron chi connectivity index (χ2n) is 5.98. The van der Waals surface area contributed by atoms with E-state index in [1.54, 1.807) is 18.2 Å². The van der Waals surface area contributed by atoms with E-state index in [-0.39, 0.29) is 17.5 Å². The number of nitro groups is 1. The second-order valence-corrected chi connectivity index (χ2v) is 5.98. The lowest BCUT2D eigenvalue weighted by atomic mass is 10.0. The van der Waals surface area contributed by atoms with Crippen molar-refractivity contribution in [1.29, 1.82) is 0 Å². The van der Waals surface area contributed by atoms with Gasteiger partial charge in [0.2, 0.25) is 11.8 Å². The fraction of sp³-hybridized carbons (Fsp3) is 0.263. The van der Waals surface area contributed by atoms with E-state index in [1.165, 1.54) is 12.1 Å². The largest absolute Gasteiger partial charge is 0.436 e. The molecule has 1 heterocycles. The molecule has 1 aromatic heterocycles. The third kappa shape index (κ3) is 3.42. The van der Waals surface area contributed by atoms with E-state index < -0.39 is 4.92 Å². The summed E-state index contributed by atoms with van der Waals surface area (Å²) in [4.78, 5) is 27.2. The van der Waals surface area contributed by atoms with Crippen molar-refractivity contribution in [1.82, 2.24) is 4.98 Å². The number of non-ortho nitro benzene ring substituents is 1. The summed E-state index contributed by atoms with van der Waals surface area (Å²) in [5.41, 5.74) is 2.02. The molecule has 3 rings (SSSR count). The molecule has 2 aromatic carbocycles. The molecule has 0 fully saturated rings. The van der Waals surface area contributed by atoms with Crippen LogP contribution in [0.25, 0.3) is 22.6 Å². The number of para-hydroxylation sites is 1. The number of nitrogens with zero attached hydrogens (tertiary/aromatic N) is 2. The molecule has 0 saturated heterocycles. The SMILES string of the molecule is CCC(CC)C(=O)Nc1ccccc1-c1nc2ccc([N+](=O)[O-])cc2o1. The maximum atomic E-state index is 12.4. The van der Waals surface area contributed by atoms with Crippen LogP contribution in [0.15, 0.2) is 46.9 Å². The molecule has 0 aliphatic heterocycles. The fourth-order valence-corrected chi connectivity index (χ4v) is 2.81. The van der Waals surface area contributed by atoms with Crippen LogP contribution < -0.4 is 5.32 Å². The predicted molar refractivity (Wildman–Crippen MR) is 98.8 cm³/mol. The van der Waals surface area contributed by atoms with Crippen LogP contribution in [0, 0.1) is 16.0 Å². The van der Waals surface area contributed by atoms with Gasteiger partial charge in [-0.2, -0.15) is 0 Å². The van der Waals surface area contributed by atoms with Crippen LogP contribution in [-0.4, -0.2) is 15.8 Å². The lowest BCUT2D eigenvalue weighted by molar-refractivity contribution is -0.384. The van der Waals surface area contributed by atoms with Crippen molar-refractivity contribution in [3.63, 3.8) is 0 Å². The third-order valence-corrected chi connectivity index (χ3v) is 4.35. The van der Waals surface area contributed by atoms with Crippen LogP contribution in [0.5, 0.6) is 0 Å². The summed E-state index contributed by atoms with van der Waals surface area (Å²) in [6.45, 7) is 3.96. The number of oxazole rings is 1. The number of hydrogen-bond acceptors (Lipinski definition) is 5. The Morgan fingerprint density at radius 1 is 1.23 bits per heavy atom. The van der Waals surface area contributed by atoms with Crippen LogP contribution in [0.3, 0.4) is 0 Å². The summed E-state index contributed by atoms with van der Waals surface area (Å²) < 4.78 is 5.71. The number of benzene rings is 2. The topological polar surface area (TPSA) is 98.3 Å². The highest BCUT2D eigenvalue weighted by Crippen LogP contribution is 2.31. The molecule has 134 valence electrons. The zero-order chi connectivity index (χ0) is 18.7. The molecule has 26 heavy (non-hydrogen) atoms. The lowest BCUT2D eigenvalue weighted by Crippen LogP contribution is -2.21. The first-order chi connectivity index (χ1) is 12.5. The minimum atomic E-state index is -0.481. The van der Waals surface area contributed by atoms with Gasteiger partial charge in [-0.15, -0.1) is 0 Å². The van der Waals surface area contributed by atoms with Crippen molar-refractivity contribution in [3.05, 3.63) is 52.6 Å². The Bertz CT molecular complexity index is 960. The van der Waals surface area contributed by atoms with E-state index in [2.05, 4.69) is 10.3 Å². The van der Waals surface area contributed by atoms with Gasteiger partial charge < -0.3 is 9.73 Å². The molecule has 0 spiro atoms. The Labute approximate surface area is 150 Å². The summed E-state index contributed by atoms with van der Waals surface area (Å²) in [6, 6.07) is 11.5. The summed E-state index contributed by atoms with van der Waals surface area (Å²) in [7, 11) is 0. The molecule has 1 amide bonds. The van der Waals surface area contributed by atoms with Gasteiger partial charge in [0.05, 0.1) is 22.2 Å². The Hall–Kier alpha value is -3.22. The molecule has 3 aromatic rings. The summed E-state index contributed by atoms with van der Waals surface area (Å²) in [5.74, 6) is 0.199. The molecule has 0 unspecified atom stereocenters. The van der Waals surface area contributed by atoms with Gasteiger partial charge in [0.1, 0.15) is 5.52 Å². The Kier molecular flexibility index (Phi) is 4.97. The smallest absolute Gasteiger partial charge is 0.273 e. The standard InChI is InChI=1S/C19H19N3O4/c1-3-12(4-2)18(23)20-15-8-6-5-7-14(15)19-21-16-10-9-13(22(24)25)11-17(16)26-19/h5-12H,3-4H2,1-2H3,(H,20,23). The summed E-state index contributed by atoms with van der Waals surface area (Å²) in [5, 5.41) is 13.9. The number of nitro benzene ring substituents is 1. The van der Waals surface area contributed by atoms with E-state index >= 15 is 0 Å². The number of nitrogens with one attached hydrogen (secondary N) is 1. The Morgan fingerprint density at radius 3 is 2.65 bits per heavy atom. The highest BCUT2D eigenvalue weighted by molar-refractivity contribution is 5.96. The van der Waals surface area contributed by atoms with Crippen molar-refractivity contribution in [2.45, 2.75) is 26.7 Å². The number of hydrogen-bond donors (Lipinski definition) is 1. The van der Waals surface area contributed by atoms with E-state index in [1.807, 2.05) is 26.0 Å². The van der Waals surface area contributed by atoms with Gasteiger partial charge in [-0.25, -0.2) is 4.98 Å². The lowest BCUT2D eigenvalue weighted by Gasteiger charge is -2.14. The molecule has 0 aliphatic rings. The van der Waals surface area contributed by atoms with Crippen molar-refractivity contribution in [2.24, 2.45) is 5.92 Å². The number of rotatable bonds is 6. The van der Waals surface area contributed by atoms with Gasteiger partial charge >= 0.3 is 0 Å². The molecule has 0 atom stereocenters. The third-order valence-electron chi connectivity index (χ3n) is 4.35. The van der Waals surface area contributed by atoms with Gasteiger partial charge in [0.25, 0.3) is 5.69 Å². The maximum absolute atomic E-state index is 12.4. The highest BCUT2D eigenvalue weighted by Gasteiger charge is 2.19. The maximum Gasteiger partial charge on any atom is 0.273 e. The fourth-order valence-electron chi connectivity index (χ4n) is 2.81.